The molecule has 10 nitrogen and oxygen atoms in total. The van der Waals surface area contributed by atoms with Crippen LogP contribution in [0.15, 0.2) is 194 Å². The van der Waals surface area contributed by atoms with E-state index in [0.717, 1.165) is 12.1 Å². The van der Waals surface area contributed by atoms with Crippen molar-refractivity contribution in [1.29, 1.82) is 0 Å². The van der Waals surface area contributed by atoms with E-state index in [-0.39, 0.29) is 45.1 Å². The molecule has 0 radical (unpaired) electrons. The van der Waals surface area contributed by atoms with Gasteiger partial charge in [-0.2, -0.15) is 36.5 Å². The molecule has 0 saturated carbocycles. The molecule has 0 spiro atoms. The van der Waals surface area contributed by atoms with E-state index in [9.17, 15) is 52.0 Å². The number of alkyl halides is 6. The molecule has 8 aromatic carbocycles. The minimum Gasteiger partial charge on any atom is -0.283 e. The summed E-state index contributed by atoms with van der Waals surface area (Å²) in [5.74, 6) is -1.53. The molecule has 0 aliphatic rings. The number of benzene rings is 8. The van der Waals surface area contributed by atoms with Crippen molar-refractivity contribution in [3.63, 3.8) is 0 Å². The standard InChI is InChI=1S/2C27H19F4N3O2S/c2*28-21-7-10-23(11-8-21)34-26-13-6-19(14-20(26)16-32-34)24-12-9-22(15-25(24)27(29,30)31)33-37(35,36)17-18-4-2-1-3-5-18/h2*1-16,33H,17H2. The molecule has 20 heteroatoms. The van der Waals surface area contributed by atoms with Gasteiger partial charge in [0, 0.05) is 22.1 Å². The molecule has 376 valence electrons. The molecule has 0 saturated heterocycles. The van der Waals surface area contributed by atoms with Crippen LogP contribution in [-0.2, 0) is 43.9 Å². The zero-order chi connectivity index (χ0) is 52.4. The van der Waals surface area contributed by atoms with Crippen LogP contribution >= 0.6 is 0 Å². The molecule has 10 rings (SSSR count). The molecule has 2 heterocycles. The van der Waals surface area contributed by atoms with E-state index < -0.39 is 55.2 Å². The predicted molar refractivity (Wildman–Crippen MR) is 268 cm³/mol. The lowest BCUT2D eigenvalue weighted by molar-refractivity contribution is -0.137. The first-order valence-corrected chi connectivity index (χ1v) is 25.5. The van der Waals surface area contributed by atoms with E-state index in [1.54, 1.807) is 119 Å². The van der Waals surface area contributed by atoms with Crippen LogP contribution in [0.4, 0.5) is 46.5 Å². The maximum absolute atomic E-state index is 14.0. The smallest absolute Gasteiger partial charge is 0.283 e. The van der Waals surface area contributed by atoms with Crippen LogP contribution in [0.5, 0.6) is 0 Å². The molecular weight excluding hydrogens is 1010 g/mol. The molecule has 0 aliphatic heterocycles. The van der Waals surface area contributed by atoms with Crippen molar-refractivity contribution in [2.24, 2.45) is 0 Å². The third kappa shape index (κ3) is 11.8. The Labute approximate surface area is 418 Å². The number of fused-ring (bicyclic) bond motifs is 2. The molecule has 0 aliphatic carbocycles. The first-order valence-electron chi connectivity index (χ1n) is 22.2. The molecule has 2 N–H and O–H groups in total. The summed E-state index contributed by atoms with van der Waals surface area (Å²) in [5.41, 5.74) is 1.56. The van der Waals surface area contributed by atoms with Gasteiger partial charge in [-0.05, 0) is 130 Å². The summed E-state index contributed by atoms with van der Waals surface area (Å²) in [6.07, 6.45) is -6.43. The lowest BCUT2D eigenvalue weighted by Crippen LogP contribution is -2.16. The molecule has 10 aromatic rings. The summed E-state index contributed by atoms with van der Waals surface area (Å²) >= 11 is 0. The number of halogens is 8. The SMILES string of the molecule is O=S(=O)(Cc1ccccc1)Nc1ccc(-c2ccc3c(cnn3-c3ccc(F)cc3)c2)c(C(F)(F)F)c1.O=S(=O)(Cc1ccccc1)Nc1ccc(-c2ccc3c(cnn3-c3ccc(F)cc3)c2)c(C(F)(F)F)c1. The molecule has 0 fully saturated rings. The molecule has 2 aromatic heterocycles. The average molecular weight is 1050 g/mol. The third-order valence-electron chi connectivity index (χ3n) is 11.5. The minimum absolute atomic E-state index is 0.102. The zero-order valence-electron chi connectivity index (χ0n) is 38.2. The van der Waals surface area contributed by atoms with Crippen LogP contribution in [0, 0.1) is 11.6 Å². The van der Waals surface area contributed by atoms with Gasteiger partial charge in [0.25, 0.3) is 0 Å². The molecule has 74 heavy (non-hydrogen) atoms. The lowest BCUT2D eigenvalue weighted by Gasteiger charge is -2.16. The van der Waals surface area contributed by atoms with Gasteiger partial charge in [0.1, 0.15) is 11.6 Å². The van der Waals surface area contributed by atoms with E-state index in [1.807, 2.05) is 0 Å². The number of hydrogen-bond donors (Lipinski definition) is 2. The number of hydrogen-bond acceptors (Lipinski definition) is 6. The topological polar surface area (TPSA) is 128 Å². The highest BCUT2D eigenvalue weighted by molar-refractivity contribution is 7.92. The van der Waals surface area contributed by atoms with Crippen LogP contribution in [-0.4, -0.2) is 36.4 Å². The van der Waals surface area contributed by atoms with Gasteiger partial charge in [-0.25, -0.2) is 35.0 Å². The summed E-state index contributed by atoms with van der Waals surface area (Å²) in [7, 11) is -7.87. The second-order valence-corrected chi connectivity index (χ2v) is 20.3. The second-order valence-electron chi connectivity index (χ2n) is 16.8. The van der Waals surface area contributed by atoms with Crippen molar-refractivity contribution in [2.75, 3.05) is 9.44 Å². The Kier molecular flexibility index (Phi) is 13.9. The molecule has 0 amide bonds. The number of sulfonamides is 2. The summed E-state index contributed by atoms with van der Waals surface area (Å²) in [6, 6.07) is 44.3. The first-order chi connectivity index (χ1) is 35.2. The fraction of sp³-hybridized carbons (Fsp3) is 0.0741. The lowest BCUT2D eigenvalue weighted by atomic mass is 9.97. The van der Waals surface area contributed by atoms with Gasteiger partial charge in [0.05, 0.1) is 57.4 Å². The Balaban J connectivity index is 0.000000182. The molecular formula is C54H38F8N6O4S2. The summed E-state index contributed by atoms with van der Waals surface area (Å²) < 4.78 is 169. The number of nitrogens with zero attached hydrogens (tertiary/aromatic N) is 4. The highest BCUT2D eigenvalue weighted by Gasteiger charge is 2.36. The quantitative estimate of drug-likeness (QED) is 0.117. The Morgan fingerprint density at radius 1 is 0.432 bits per heavy atom. The predicted octanol–water partition coefficient (Wildman–Crippen LogP) is 13.6. The van der Waals surface area contributed by atoms with Gasteiger partial charge in [0.2, 0.25) is 20.0 Å². The highest BCUT2D eigenvalue weighted by atomic mass is 32.2. The summed E-state index contributed by atoms with van der Waals surface area (Å²) in [6.45, 7) is 0. The van der Waals surface area contributed by atoms with Crippen LogP contribution in [0.25, 0.3) is 55.4 Å². The summed E-state index contributed by atoms with van der Waals surface area (Å²) in [5, 5.41) is 9.74. The van der Waals surface area contributed by atoms with Crippen LogP contribution < -0.4 is 9.44 Å². The van der Waals surface area contributed by atoms with Gasteiger partial charge in [0.15, 0.2) is 0 Å². The van der Waals surface area contributed by atoms with E-state index in [0.29, 0.717) is 44.3 Å². The van der Waals surface area contributed by atoms with E-state index in [2.05, 4.69) is 19.6 Å². The van der Waals surface area contributed by atoms with Crippen molar-refractivity contribution in [3.05, 3.63) is 228 Å². The Morgan fingerprint density at radius 2 is 0.797 bits per heavy atom. The molecule has 0 unspecified atom stereocenters. The number of anilines is 2. The number of aromatic nitrogens is 4. The van der Waals surface area contributed by atoms with E-state index >= 15 is 0 Å². The third-order valence-corrected chi connectivity index (χ3v) is 14.0. The maximum Gasteiger partial charge on any atom is 0.417 e. The highest BCUT2D eigenvalue weighted by Crippen LogP contribution is 2.41. The first kappa shape index (κ1) is 50.6. The zero-order valence-corrected chi connectivity index (χ0v) is 39.8. The van der Waals surface area contributed by atoms with Crippen LogP contribution in [0.1, 0.15) is 22.3 Å². The van der Waals surface area contributed by atoms with Crippen molar-refractivity contribution < 1.29 is 52.0 Å². The van der Waals surface area contributed by atoms with Crippen molar-refractivity contribution in [2.45, 2.75) is 23.9 Å². The van der Waals surface area contributed by atoms with Gasteiger partial charge in [-0.15, -0.1) is 0 Å². The Morgan fingerprint density at radius 3 is 1.15 bits per heavy atom. The van der Waals surface area contributed by atoms with Crippen LogP contribution in [0.3, 0.4) is 0 Å². The monoisotopic (exact) mass is 1050 g/mol. The average Bonchev–Trinajstić information content (AvgIpc) is 3.98. The Hall–Kier alpha value is -8.36. The largest absolute Gasteiger partial charge is 0.417 e. The second kappa shape index (κ2) is 20.3. The van der Waals surface area contributed by atoms with Crippen molar-refractivity contribution in [1.82, 2.24) is 19.6 Å². The van der Waals surface area contributed by atoms with Crippen LogP contribution in [0.2, 0.25) is 0 Å². The molecule has 0 bridgehead atoms. The van der Waals surface area contributed by atoms with Gasteiger partial charge in [-0.3, -0.25) is 9.44 Å². The minimum atomic E-state index is -4.73. The Bertz CT molecular complexity index is 3620. The fourth-order valence-electron chi connectivity index (χ4n) is 8.18. The normalized spacial score (nSPS) is 12.1. The number of nitrogens with one attached hydrogen (secondary N) is 2. The van der Waals surface area contributed by atoms with Gasteiger partial charge >= 0.3 is 12.4 Å². The fourth-order valence-corrected chi connectivity index (χ4v) is 10.6. The maximum atomic E-state index is 14.0. The van der Waals surface area contributed by atoms with E-state index in [4.69, 9.17) is 0 Å². The molecule has 0 atom stereocenters. The van der Waals surface area contributed by atoms with Crippen molar-refractivity contribution in [3.8, 4) is 33.6 Å². The van der Waals surface area contributed by atoms with Gasteiger partial charge < -0.3 is 0 Å². The number of rotatable bonds is 12. The van der Waals surface area contributed by atoms with Crippen molar-refractivity contribution >= 4 is 53.2 Å². The van der Waals surface area contributed by atoms with Gasteiger partial charge in [-0.1, -0.05) is 84.9 Å². The summed E-state index contributed by atoms with van der Waals surface area (Å²) in [4.78, 5) is 0. The van der Waals surface area contributed by atoms with E-state index in [1.165, 1.54) is 73.1 Å².